The van der Waals surface area contributed by atoms with Crippen LogP contribution in [0.2, 0.25) is 0 Å². The molecule has 1 fully saturated rings. The lowest BCUT2D eigenvalue weighted by molar-refractivity contribution is -0.160. The van der Waals surface area contributed by atoms with Crippen molar-refractivity contribution in [2.45, 2.75) is 84.5 Å². The van der Waals surface area contributed by atoms with Gasteiger partial charge in [0.05, 0.1) is 6.42 Å². The first-order chi connectivity index (χ1) is 14.4. The van der Waals surface area contributed by atoms with E-state index >= 15 is 0 Å². The molecule has 0 unspecified atom stereocenters. The number of hydrogen-bond acceptors (Lipinski definition) is 7. The van der Waals surface area contributed by atoms with Crippen molar-refractivity contribution < 1.29 is 33.7 Å². The van der Waals surface area contributed by atoms with Crippen molar-refractivity contribution in [2.75, 3.05) is 0 Å². The zero-order chi connectivity index (χ0) is 23.1. The maximum Gasteiger partial charge on any atom is 0.331 e. The summed E-state index contributed by atoms with van der Waals surface area (Å²) in [6.07, 6.45) is 3.63. The summed E-state index contributed by atoms with van der Waals surface area (Å²) in [6, 6.07) is 0. The Morgan fingerprint density at radius 2 is 1.97 bits per heavy atom. The van der Waals surface area contributed by atoms with E-state index in [1.807, 2.05) is 26.8 Å². The molecule has 0 saturated carbocycles. The van der Waals surface area contributed by atoms with Crippen molar-refractivity contribution in [1.82, 2.24) is 0 Å². The molecule has 0 bridgehead atoms. The number of aliphatic hydroxyl groups is 1. The second kappa shape index (κ2) is 8.26. The second-order valence-electron chi connectivity index (χ2n) is 9.44. The lowest BCUT2D eigenvalue weighted by Crippen LogP contribution is -2.45. The SMILES string of the molecule is CC(=O)O[C@H]1/C(C)=C\C[C@@H]2C(C(C)C)=CC(=O)O[C@@]2(C)CC/C(C)=C2\OC(=O)C[C@@]21O. The first kappa shape index (κ1) is 23.3. The van der Waals surface area contributed by atoms with Gasteiger partial charge in [0, 0.05) is 18.9 Å². The van der Waals surface area contributed by atoms with Gasteiger partial charge in [0.25, 0.3) is 0 Å². The number of esters is 3. The molecule has 2 aliphatic heterocycles. The normalized spacial score (nSPS) is 38.1. The number of fused-ring (bicyclic) bond motifs is 2. The first-order valence-corrected chi connectivity index (χ1v) is 10.8. The number of allylic oxidation sites excluding steroid dienone is 2. The smallest absolute Gasteiger partial charge is 0.331 e. The van der Waals surface area contributed by atoms with Crippen LogP contribution in [0.15, 0.2) is 34.6 Å². The van der Waals surface area contributed by atoms with E-state index in [1.165, 1.54) is 6.92 Å². The van der Waals surface area contributed by atoms with Crippen molar-refractivity contribution in [3.63, 3.8) is 0 Å². The first-order valence-electron chi connectivity index (χ1n) is 10.8. The molecule has 2 heterocycles. The van der Waals surface area contributed by atoms with Gasteiger partial charge in [-0.3, -0.25) is 9.59 Å². The Morgan fingerprint density at radius 1 is 1.29 bits per heavy atom. The van der Waals surface area contributed by atoms with E-state index < -0.39 is 29.2 Å². The Morgan fingerprint density at radius 3 is 2.58 bits per heavy atom. The van der Waals surface area contributed by atoms with Gasteiger partial charge in [-0.1, -0.05) is 25.5 Å². The summed E-state index contributed by atoms with van der Waals surface area (Å²) in [7, 11) is 0. The van der Waals surface area contributed by atoms with Crippen LogP contribution in [0.1, 0.15) is 67.2 Å². The van der Waals surface area contributed by atoms with E-state index in [0.717, 1.165) is 5.57 Å². The molecule has 3 rings (SSSR count). The molecule has 7 heteroatoms. The minimum atomic E-state index is -1.77. The predicted octanol–water partition coefficient (Wildman–Crippen LogP) is 3.51. The minimum absolute atomic E-state index is 0.0638. The fraction of sp³-hybridized carbons (Fsp3) is 0.625. The average Bonchev–Trinajstić information content (AvgIpc) is 2.96. The van der Waals surface area contributed by atoms with Gasteiger partial charge in [-0.25, -0.2) is 4.79 Å². The van der Waals surface area contributed by atoms with Crippen LogP contribution in [0, 0.1) is 11.8 Å². The molecule has 0 radical (unpaired) electrons. The molecule has 3 aliphatic rings. The van der Waals surface area contributed by atoms with Gasteiger partial charge < -0.3 is 19.3 Å². The summed E-state index contributed by atoms with van der Waals surface area (Å²) in [4.78, 5) is 36.4. The minimum Gasteiger partial charge on any atom is -0.456 e. The van der Waals surface area contributed by atoms with Crippen LogP contribution >= 0.6 is 0 Å². The van der Waals surface area contributed by atoms with Gasteiger partial charge >= 0.3 is 17.9 Å². The summed E-state index contributed by atoms with van der Waals surface area (Å²) in [5.41, 5.74) is -0.229. The zero-order valence-electron chi connectivity index (χ0n) is 19.1. The van der Waals surface area contributed by atoms with Crippen LogP contribution in [0.3, 0.4) is 0 Å². The third-order valence-electron chi connectivity index (χ3n) is 6.64. The Kier molecular flexibility index (Phi) is 6.20. The Bertz CT molecular complexity index is 894. The third kappa shape index (κ3) is 4.33. The summed E-state index contributed by atoms with van der Waals surface area (Å²) in [5.74, 6) is -1.27. The quantitative estimate of drug-likeness (QED) is 0.405. The summed E-state index contributed by atoms with van der Waals surface area (Å²) in [5, 5.41) is 11.5. The van der Waals surface area contributed by atoms with Crippen LogP contribution in [0.25, 0.3) is 0 Å². The number of rotatable bonds is 2. The molecule has 1 N–H and O–H groups in total. The van der Waals surface area contributed by atoms with E-state index in [4.69, 9.17) is 14.2 Å². The molecule has 31 heavy (non-hydrogen) atoms. The fourth-order valence-electron chi connectivity index (χ4n) is 5.00. The van der Waals surface area contributed by atoms with E-state index in [1.54, 1.807) is 19.9 Å². The lowest BCUT2D eigenvalue weighted by atomic mass is 9.72. The Balaban J connectivity index is 2.16. The van der Waals surface area contributed by atoms with E-state index in [9.17, 15) is 19.5 Å². The largest absolute Gasteiger partial charge is 0.456 e. The third-order valence-corrected chi connectivity index (χ3v) is 6.64. The molecule has 1 aliphatic carbocycles. The molecule has 0 amide bonds. The van der Waals surface area contributed by atoms with Crippen LogP contribution in [-0.4, -0.2) is 40.3 Å². The topological polar surface area (TPSA) is 99.1 Å². The number of hydrogen-bond donors (Lipinski definition) is 1. The fourth-order valence-corrected chi connectivity index (χ4v) is 5.00. The molecule has 0 aromatic carbocycles. The van der Waals surface area contributed by atoms with Gasteiger partial charge in [-0.2, -0.15) is 0 Å². The maximum atomic E-state index is 12.4. The molecule has 170 valence electrons. The highest BCUT2D eigenvalue weighted by molar-refractivity contribution is 5.84. The lowest BCUT2D eigenvalue weighted by Gasteiger charge is -2.42. The summed E-state index contributed by atoms with van der Waals surface area (Å²) in [6.45, 7) is 10.8. The van der Waals surface area contributed by atoms with Crippen molar-refractivity contribution in [3.8, 4) is 0 Å². The highest BCUT2D eigenvalue weighted by atomic mass is 16.6. The van der Waals surface area contributed by atoms with Crippen LogP contribution in [-0.2, 0) is 28.6 Å². The van der Waals surface area contributed by atoms with Crippen LogP contribution < -0.4 is 0 Å². The van der Waals surface area contributed by atoms with Crippen molar-refractivity contribution in [3.05, 3.63) is 34.6 Å². The van der Waals surface area contributed by atoms with Crippen molar-refractivity contribution >= 4 is 17.9 Å². The number of ether oxygens (including phenoxy) is 3. The van der Waals surface area contributed by atoms with E-state index in [2.05, 4.69) is 0 Å². The Labute approximate surface area is 183 Å². The average molecular weight is 433 g/mol. The van der Waals surface area contributed by atoms with Crippen molar-refractivity contribution in [1.29, 1.82) is 0 Å². The van der Waals surface area contributed by atoms with E-state index in [-0.39, 0.29) is 30.0 Å². The van der Waals surface area contributed by atoms with Gasteiger partial charge in [0.1, 0.15) is 11.4 Å². The van der Waals surface area contributed by atoms with Gasteiger partial charge in [-0.05, 0) is 57.1 Å². The summed E-state index contributed by atoms with van der Waals surface area (Å²) < 4.78 is 16.8. The van der Waals surface area contributed by atoms with E-state index in [0.29, 0.717) is 30.4 Å². The van der Waals surface area contributed by atoms with Crippen LogP contribution in [0.5, 0.6) is 0 Å². The zero-order valence-corrected chi connectivity index (χ0v) is 19.1. The standard InChI is InChI=1S/C24H32O7/c1-13(2)17-11-19(26)31-23(6)10-9-15(4)22-24(28,12-20(27)30-22)21(29-16(5)25)14(3)7-8-18(17)23/h7,11,13,18,21,28H,8-10,12H2,1-6H3/b14-7-,22-15-/t18-,21+,23+,24+/m1/s1. The molecular weight excluding hydrogens is 400 g/mol. The van der Waals surface area contributed by atoms with Gasteiger partial charge in [0.2, 0.25) is 0 Å². The maximum absolute atomic E-state index is 12.4. The highest BCUT2D eigenvalue weighted by Crippen LogP contribution is 2.46. The summed E-state index contributed by atoms with van der Waals surface area (Å²) >= 11 is 0. The molecule has 4 atom stereocenters. The van der Waals surface area contributed by atoms with Crippen molar-refractivity contribution in [2.24, 2.45) is 11.8 Å². The molecule has 0 aromatic rings. The monoisotopic (exact) mass is 432 g/mol. The second-order valence-corrected chi connectivity index (χ2v) is 9.44. The molecule has 7 nitrogen and oxygen atoms in total. The highest BCUT2D eigenvalue weighted by Gasteiger charge is 2.54. The molecular formula is C24H32O7. The molecule has 0 spiro atoms. The van der Waals surface area contributed by atoms with Gasteiger partial charge in [0.15, 0.2) is 11.7 Å². The number of carbonyl (C=O) groups excluding carboxylic acids is 3. The molecule has 1 saturated heterocycles. The Hall–Kier alpha value is -2.41. The number of carbonyl (C=O) groups is 3. The molecule has 0 aromatic heterocycles. The predicted molar refractivity (Wildman–Crippen MR) is 112 cm³/mol. The van der Waals surface area contributed by atoms with Crippen LogP contribution in [0.4, 0.5) is 0 Å². The van der Waals surface area contributed by atoms with Gasteiger partial charge in [-0.15, -0.1) is 0 Å².